The minimum absolute atomic E-state index is 0.227. The van der Waals surface area contributed by atoms with Gasteiger partial charge in [-0.25, -0.2) is 0 Å². The number of hydrogen-bond acceptors (Lipinski definition) is 6. The van der Waals surface area contributed by atoms with Crippen molar-refractivity contribution < 1.29 is 19.1 Å². The van der Waals surface area contributed by atoms with Gasteiger partial charge in [-0.1, -0.05) is 13.3 Å². The number of hydrogen-bond donors (Lipinski definition) is 2. The lowest BCUT2D eigenvalue weighted by molar-refractivity contribution is 0.0350. The molecular weight excluding hydrogens is 346 g/mol. The van der Waals surface area contributed by atoms with Crippen LogP contribution in [-0.4, -0.2) is 85.9 Å². The predicted molar refractivity (Wildman–Crippen MR) is 105 cm³/mol. The van der Waals surface area contributed by atoms with Gasteiger partial charge in [0, 0.05) is 31.7 Å². The van der Waals surface area contributed by atoms with Crippen LogP contribution in [0.15, 0.2) is 16.7 Å². The molecule has 7 heteroatoms. The largest absolute Gasteiger partial charge is 0.459 e. The van der Waals surface area contributed by atoms with E-state index in [1.165, 1.54) is 6.26 Å². The summed E-state index contributed by atoms with van der Waals surface area (Å²) in [6.07, 6.45) is 4.23. The molecule has 1 aliphatic heterocycles. The molecule has 1 aromatic rings. The fourth-order valence-corrected chi connectivity index (χ4v) is 3.28. The van der Waals surface area contributed by atoms with Crippen LogP contribution in [0.2, 0.25) is 0 Å². The standard InChI is InChI=1S/C20H35N3O4/c1-3-4-7-23(9-5-8-22-10-13-26-14-11-22)16-18(24)15-21-20(25)19-17(2)6-12-27-19/h6,12,18,24H,3-5,7-11,13-16H2,1-2H3,(H,21,25). The van der Waals surface area contributed by atoms with Gasteiger partial charge in [0.15, 0.2) is 5.76 Å². The van der Waals surface area contributed by atoms with Gasteiger partial charge in [-0.15, -0.1) is 0 Å². The number of aliphatic hydroxyl groups excluding tert-OH is 1. The maximum absolute atomic E-state index is 12.1. The van der Waals surface area contributed by atoms with Crippen LogP contribution in [0.4, 0.5) is 0 Å². The van der Waals surface area contributed by atoms with Gasteiger partial charge >= 0.3 is 0 Å². The predicted octanol–water partition coefficient (Wildman–Crippen LogP) is 1.50. The van der Waals surface area contributed by atoms with Gasteiger partial charge < -0.3 is 24.5 Å². The first-order valence-electron chi connectivity index (χ1n) is 10.1. The van der Waals surface area contributed by atoms with Crippen LogP contribution in [0.1, 0.15) is 42.3 Å². The van der Waals surface area contributed by atoms with Gasteiger partial charge in [-0.3, -0.25) is 9.69 Å². The molecular formula is C20H35N3O4. The Labute approximate surface area is 162 Å². The molecule has 0 bridgehead atoms. The highest BCUT2D eigenvalue weighted by Gasteiger charge is 2.17. The van der Waals surface area contributed by atoms with Crippen molar-refractivity contribution in [1.82, 2.24) is 15.1 Å². The number of nitrogens with one attached hydrogen (secondary N) is 1. The molecule has 0 saturated carbocycles. The number of rotatable bonds is 12. The highest BCUT2D eigenvalue weighted by molar-refractivity contribution is 5.92. The number of amides is 1. The van der Waals surface area contributed by atoms with Crippen LogP contribution < -0.4 is 5.32 Å². The van der Waals surface area contributed by atoms with Crippen molar-refractivity contribution in [1.29, 1.82) is 0 Å². The van der Waals surface area contributed by atoms with Crippen molar-refractivity contribution in [2.45, 2.75) is 39.2 Å². The number of ether oxygens (including phenoxy) is 1. The number of furan rings is 1. The van der Waals surface area contributed by atoms with Crippen LogP contribution in [0.3, 0.4) is 0 Å². The minimum atomic E-state index is -0.593. The number of carbonyl (C=O) groups is 1. The molecule has 1 unspecified atom stereocenters. The lowest BCUT2D eigenvalue weighted by Crippen LogP contribution is -2.42. The molecule has 1 fully saturated rings. The Balaban J connectivity index is 1.70. The third-order valence-corrected chi connectivity index (χ3v) is 4.92. The molecule has 2 rings (SSSR count). The third-order valence-electron chi connectivity index (χ3n) is 4.92. The first-order chi connectivity index (χ1) is 13.1. The Morgan fingerprint density at radius 3 is 2.74 bits per heavy atom. The number of aliphatic hydroxyl groups is 1. The Morgan fingerprint density at radius 2 is 2.07 bits per heavy atom. The Kier molecular flexibility index (Phi) is 9.83. The summed E-state index contributed by atoms with van der Waals surface area (Å²) in [5, 5.41) is 13.1. The van der Waals surface area contributed by atoms with Crippen LogP contribution in [0.25, 0.3) is 0 Å². The quantitative estimate of drug-likeness (QED) is 0.571. The van der Waals surface area contributed by atoms with E-state index in [1.54, 1.807) is 6.07 Å². The molecule has 1 aliphatic rings. The van der Waals surface area contributed by atoms with Gasteiger partial charge in [-0.2, -0.15) is 0 Å². The lowest BCUT2D eigenvalue weighted by atomic mass is 10.2. The SMILES string of the molecule is CCCCN(CCCN1CCOCC1)CC(O)CNC(=O)c1occc1C. The van der Waals surface area contributed by atoms with Gasteiger partial charge in [0.25, 0.3) is 5.91 Å². The number of nitrogens with zero attached hydrogens (tertiary/aromatic N) is 2. The fraction of sp³-hybridized carbons (Fsp3) is 0.750. The molecule has 1 amide bonds. The van der Waals surface area contributed by atoms with Crippen LogP contribution in [0, 0.1) is 6.92 Å². The zero-order chi connectivity index (χ0) is 19.5. The number of carbonyl (C=O) groups excluding carboxylic acids is 1. The second-order valence-electron chi connectivity index (χ2n) is 7.26. The molecule has 154 valence electrons. The maximum atomic E-state index is 12.1. The van der Waals surface area contributed by atoms with Gasteiger partial charge in [0.2, 0.25) is 0 Å². The zero-order valence-electron chi connectivity index (χ0n) is 16.8. The summed E-state index contributed by atoms with van der Waals surface area (Å²) in [4.78, 5) is 16.8. The summed E-state index contributed by atoms with van der Waals surface area (Å²) in [7, 11) is 0. The van der Waals surface area contributed by atoms with Crippen LogP contribution >= 0.6 is 0 Å². The van der Waals surface area contributed by atoms with Crippen molar-refractivity contribution in [2.75, 3.05) is 59.0 Å². The van der Waals surface area contributed by atoms with Crippen molar-refractivity contribution in [3.63, 3.8) is 0 Å². The zero-order valence-corrected chi connectivity index (χ0v) is 16.8. The molecule has 2 N–H and O–H groups in total. The van der Waals surface area contributed by atoms with Crippen LogP contribution in [-0.2, 0) is 4.74 Å². The van der Waals surface area contributed by atoms with Crippen molar-refractivity contribution >= 4 is 5.91 Å². The first-order valence-corrected chi connectivity index (χ1v) is 10.1. The average molecular weight is 382 g/mol. The molecule has 1 atom stereocenters. The monoisotopic (exact) mass is 381 g/mol. The summed E-state index contributed by atoms with van der Waals surface area (Å²) in [5.41, 5.74) is 0.801. The molecule has 0 aromatic carbocycles. The Bertz CT molecular complexity index is 543. The Hall–Kier alpha value is -1.41. The highest BCUT2D eigenvalue weighted by Crippen LogP contribution is 2.08. The number of unbranched alkanes of at least 4 members (excludes halogenated alkanes) is 1. The summed E-state index contributed by atoms with van der Waals surface area (Å²) >= 11 is 0. The molecule has 2 heterocycles. The Morgan fingerprint density at radius 1 is 1.33 bits per heavy atom. The first kappa shape index (κ1) is 21.9. The van der Waals surface area contributed by atoms with Crippen molar-refractivity contribution in [3.8, 4) is 0 Å². The fourth-order valence-electron chi connectivity index (χ4n) is 3.28. The lowest BCUT2D eigenvalue weighted by Gasteiger charge is -2.29. The number of morpholine rings is 1. The normalized spacial score (nSPS) is 16.6. The van der Waals surface area contributed by atoms with Crippen LogP contribution in [0.5, 0.6) is 0 Å². The van der Waals surface area contributed by atoms with E-state index in [2.05, 4.69) is 22.0 Å². The highest BCUT2D eigenvalue weighted by atomic mass is 16.5. The summed E-state index contributed by atoms with van der Waals surface area (Å²) in [5.74, 6) is 0.0412. The molecule has 0 aliphatic carbocycles. The van der Waals surface area contributed by atoms with Gasteiger partial charge in [0.05, 0.1) is 25.6 Å². The molecule has 0 spiro atoms. The molecule has 1 saturated heterocycles. The summed E-state index contributed by atoms with van der Waals surface area (Å²) in [6.45, 7) is 11.5. The summed E-state index contributed by atoms with van der Waals surface area (Å²) in [6, 6.07) is 1.76. The van der Waals surface area contributed by atoms with E-state index in [9.17, 15) is 9.90 Å². The van der Waals surface area contributed by atoms with E-state index in [1.807, 2.05) is 6.92 Å². The van der Waals surface area contributed by atoms with E-state index >= 15 is 0 Å². The van der Waals surface area contributed by atoms with Crippen molar-refractivity contribution in [2.24, 2.45) is 0 Å². The third kappa shape index (κ3) is 8.01. The molecule has 7 nitrogen and oxygen atoms in total. The minimum Gasteiger partial charge on any atom is -0.459 e. The smallest absolute Gasteiger partial charge is 0.287 e. The topological polar surface area (TPSA) is 78.2 Å². The van der Waals surface area contributed by atoms with Gasteiger partial charge in [-0.05, 0) is 45.5 Å². The van der Waals surface area contributed by atoms with Crippen molar-refractivity contribution in [3.05, 3.63) is 23.7 Å². The molecule has 27 heavy (non-hydrogen) atoms. The second kappa shape index (κ2) is 12.1. The summed E-state index contributed by atoms with van der Waals surface area (Å²) < 4.78 is 10.6. The number of aryl methyl sites for hydroxylation is 1. The van der Waals surface area contributed by atoms with Gasteiger partial charge in [0.1, 0.15) is 0 Å². The maximum Gasteiger partial charge on any atom is 0.287 e. The van der Waals surface area contributed by atoms with E-state index in [-0.39, 0.29) is 12.5 Å². The molecule has 1 aromatic heterocycles. The average Bonchev–Trinajstić information content (AvgIpc) is 3.11. The molecule has 0 radical (unpaired) electrons. The van der Waals surface area contributed by atoms with E-state index < -0.39 is 6.10 Å². The van der Waals surface area contributed by atoms with E-state index in [0.29, 0.717) is 12.3 Å². The second-order valence-corrected chi connectivity index (χ2v) is 7.26. The van der Waals surface area contributed by atoms with E-state index in [4.69, 9.17) is 9.15 Å². The van der Waals surface area contributed by atoms with E-state index in [0.717, 1.165) is 70.8 Å².